The third kappa shape index (κ3) is 5.79. The first-order valence-corrected chi connectivity index (χ1v) is 16.3. The first-order valence-electron chi connectivity index (χ1n) is 16.3. The van der Waals surface area contributed by atoms with Crippen molar-refractivity contribution in [2.24, 2.45) is 29.4 Å². The molecule has 246 valence electrons. The van der Waals surface area contributed by atoms with Crippen LogP contribution in [0.5, 0.6) is 0 Å². The number of hydrogen-bond acceptors (Lipinski definition) is 6. The molecular weight excluding hydrogens is 607 g/mol. The zero-order valence-electron chi connectivity index (χ0n) is 28.4. The second-order valence-electron chi connectivity index (χ2n) is 12.8. The molecule has 1 unspecified atom stereocenters. The Labute approximate surface area is 292 Å². The fourth-order valence-electron chi connectivity index (χ4n) is 7.91. The molecule has 0 radical (unpaired) electrons. The van der Waals surface area contributed by atoms with Crippen LogP contribution in [0.3, 0.4) is 0 Å². The maximum Gasteiger partial charge on any atom is 2.00 e. The first kappa shape index (κ1) is 35.1. The van der Waals surface area contributed by atoms with Crippen molar-refractivity contribution in [1.82, 2.24) is 9.97 Å². The molecule has 1 saturated heterocycles. The van der Waals surface area contributed by atoms with Crippen LogP contribution in [0, 0.1) is 37.5 Å². The Kier molecular flexibility index (Phi) is 10.2. The molecule has 0 aromatic carbocycles. The number of allylic oxidation sites excluding steroid dienone is 3. The first-order chi connectivity index (χ1) is 22.0. The van der Waals surface area contributed by atoms with Gasteiger partial charge in [0.2, 0.25) is 0 Å². The molecular formula is C36H43MgN5O5-2. The monoisotopic (exact) mass is 649 g/mol. The van der Waals surface area contributed by atoms with Crippen molar-refractivity contribution in [3.63, 3.8) is 0 Å². The Morgan fingerprint density at radius 3 is 2.43 bits per heavy atom. The minimum Gasteiger partial charge on any atom is -0.681 e. The standard InChI is InChI=1S/C36H43N5O5.Mg/c1-8-20-16(3)23-12-25-18(5)22(10-11-29(42)45-7)33(40-25)31-32(36(44)46-15-37)35(43)30-19(6)26(41-34(30)31)14-28-21(9-2)17(4)24(39-28)13-27(20)38-23;/h12-14,18,20,22,32-33,35,43H,8-11,15,37H2,1-7H3;/q-4;+2/b25-12-,26-14-,27-13-;/t18-,20-,22-,32+,33?,35-;/m0./s1. The Balaban J connectivity index is 0.00000433. The number of rotatable bonds is 7. The van der Waals surface area contributed by atoms with Crippen LogP contribution in [-0.2, 0) is 25.5 Å². The van der Waals surface area contributed by atoms with Gasteiger partial charge in [0.25, 0.3) is 0 Å². The van der Waals surface area contributed by atoms with Crippen LogP contribution in [0.1, 0.15) is 86.7 Å². The molecule has 3 N–H and O–H groups in total. The van der Waals surface area contributed by atoms with Crippen molar-refractivity contribution in [3.05, 3.63) is 83.7 Å². The van der Waals surface area contributed by atoms with E-state index < -0.39 is 24.0 Å². The Bertz CT molecular complexity index is 1810. The van der Waals surface area contributed by atoms with E-state index in [9.17, 15) is 14.7 Å². The van der Waals surface area contributed by atoms with E-state index >= 15 is 0 Å². The summed E-state index contributed by atoms with van der Waals surface area (Å²) in [5.41, 5.74) is 15.4. The number of ether oxygens (including phenoxy) is 2. The normalized spacial score (nSPS) is 28.7. The van der Waals surface area contributed by atoms with Gasteiger partial charge in [-0.25, -0.2) is 0 Å². The van der Waals surface area contributed by atoms with Gasteiger partial charge in [-0.3, -0.25) is 15.3 Å². The predicted octanol–water partition coefficient (Wildman–Crippen LogP) is 3.39. The number of carbonyl (C=O) groups excluding carboxylic acids is 2. The molecule has 6 rings (SSSR count). The van der Waals surface area contributed by atoms with Gasteiger partial charge in [-0.15, -0.1) is 27.8 Å². The number of esters is 2. The maximum absolute atomic E-state index is 13.5. The number of aromatic nitrogens is 2. The Morgan fingerprint density at radius 2 is 1.77 bits per heavy atom. The van der Waals surface area contributed by atoms with Gasteiger partial charge in [-0.05, 0) is 63.4 Å². The summed E-state index contributed by atoms with van der Waals surface area (Å²) < 4.78 is 10.3. The number of methoxy groups -OCH3 is 1. The molecule has 8 bridgehead atoms. The third-order valence-corrected chi connectivity index (χ3v) is 10.5. The number of hydrogen-bond donors (Lipinski definition) is 2. The molecule has 3 aliphatic heterocycles. The molecule has 1 aliphatic carbocycles. The Hall–Kier alpha value is -3.25. The summed E-state index contributed by atoms with van der Waals surface area (Å²) in [4.78, 5) is 36.0. The molecule has 2 aromatic heterocycles. The SMILES string of the molecule is CCc1c2[n-]c(c1C)/C=C1\[N-]C(=C(C)[C@@H]1CC)/C=C1\[N-]C(C3=c4[n-]/c(c(C)c4[C@H](O)[C@@H]3C(=O)OCN)=C\2)[C@@H](CCC(=O)OC)[C@@H]1C.[Mg+2]. The van der Waals surface area contributed by atoms with E-state index in [0.717, 1.165) is 58.0 Å². The van der Waals surface area contributed by atoms with Gasteiger partial charge in [0, 0.05) is 6.42 Å². The molecule has 11 heteroatoms. The van der Waals surface area contributed by atoms with Crippen molar-refractivity contribution in [3.8, 4) is 0 Å². The molecule has 6 atom stereocenters. The summed E-state index contributed by atoms with van der Waals surface area (Å²) in [6.45, 7) is 12.2. The molecule has 47 heavy (non-hydrogen) atoms. The summed E-state index contributed by atoms with van der Waals surface area (Å²) in [7, 11) is 1.38. The van der Waals surface area contributed by atoms with E-state index in [1.165, 1.54) is 12.7 Å². The van der Waals surface area contributed by atoms with Gasteiger partial charge in [-0.2, -0.15) is 11.4 Å². The van der Waals surface area contributed by atoms with Gasteiger partial charge in [0.15, 0.2) is 0 Å². The second kappa shape index (κ2) is 13.7. The number of aliphatic hydroxyl groups excluding tert-OH is 1. The van der Waals surface area contributed by atoms with Crippen LogP contribution in [0.4, 0.5) is 0 Å². The third-order valence-electron chi connectivity index (χ3n) is 10.5. The average molecular weight is 650 g/mol. The molecule has 0 saturated carbocycles. The largest absolute Gasteiger partial charge is 2.00 e. The quantitative estimate of drug-likeness (QED) is 0.263. The van der Waals surface area contributed by atoms with Crippen LogP contribution in [-0.4, -0.2) is 60.0 Å². The fraction of sp³-hybridized carbons (Fsp3) is 0.500. The van der Waals surface area contributed by atoms with E-state index in [2.05, 4.69) is 46.8 Å². The molecule has 10 nitrogen and oxygen atoms in total. The van der Waals surface area contributed by atoms with Gasteiger partial charge in [-0.1, -0.05) is 72.9 Å². The molecule has 1 fully saturated rings. The molecule has 0 spiro atoms. The van der Waals surface area contributed by atoms with E-state index in [-0.39, 0.29) is 59.9 Å². The number of carbonyl (C=O) groups is 2. The van der Waals surface area contributed by atoms with E-state index in [1.807, 2.05) is 13.0 Å². The van der Waals surface area contributed by atoms with Crippen LogP contribution < -0.4 is 26.4 Å². The van der Waals surface area contributed by atoms with Crippen molar-refractivity contribution < 1.29 is 24.2 Å². The van der Waals surface area contributed by atoms with Crippen LogP contribution in [0.15, 0.2) is 28.7 Å². The molecule has 5 heterocycles. The smallest absolute Gasteiger partial charge is 0.681 e. The second-order valence-corrected chi connectivity index (χ2v) is 12.8. The summed E-state index contributed by atoms with van der Waals surface area (Å²) in [5.74, 6) is -2.06. The van der Waals surface area contributed by atoms with Crippen LogP contribution in [0.25, 0.3) is 28.4 Å². The minimum absolute atomic E-state index is 0. The Morgan fingerprint density at radius 1 is 1.02 bits per heavy atom. The number of aliphatic hydroxyl groups is 1. The van der Waals surface area contributed by atoms with Crippen LogP contribution >= 0.6 is 0 Å². The van der Waals surface area contributed by atoms with Crippen molar-refractivity contribution >= 4 is 52.7 Å². The average Bonchev–Trinajstić information content (AvgIpc) is 3.77. The van der Waals surface area contributed by atoms with E-state index in [4.69, 9.17) is 35.8 Å². The zero-order chi connectivity index (χ0) is 33.0. The van der Waals surface area contributed by atoms with Gasteiger partial charge in [0.05, 0.1) is 13.2 Å². The number of nitrogens with zero attached hydrogens (tertiary/aromatic N) is 4. The summed E-state index contributed by atoms with van der Waals surface area (Å²) in [5, 5.41) is 23.4. The molecule has 2 aromatic rings. The topological polar surface area (TPSA) is 155 Å². The van der Waals surface area contributed by atoms with E-state index in [0.29, 0.717) is 28.3 Å². The maximum atomic E-state index is 13.5. The van der Waals surface area contributed by atoms with Gasteiger partial charge >= 0.3 is 35.0 Å². The van der Waals surface area contributed by atoms with Crippen molar-refractivity contribution in [1.29, 1.82) is 0 Å². The summed E-state index contributed by atoms with van der Waals surface area (Å²) in [6, 6.07) is -0.538. The van der Waals surface area contributed by atoms with E-state index in [1.54, 1.807) is 0 Å². The molecule has 0 amide bonds. The van der Waals surface area contributed by atoms with Crippen LogP contribution in [0.2, 0.25) is 0 Å². The van der Waals surface area contributed by atoms with Crippen molar-refractivity contribution in [2.75, 3.05) is 13.8 Å². The summed E-state index contributed by atoms with van der Waals surface area (Å²) in [6.07, 6.45) is 7.33. The molecule has 4 aliphatic rings. The zero-order valence-corrected chi connectivity index (χ0v) is 29.8. The summed E-state index contributed by atoms with van der Waals surface area (Å²) >= 11 is 0. The van der Waals surface area contributed by atoms with Gasteiger partial charge < -0.3 is 35.2 Å². The number of nitrogens with two attached hydrogens (primary N) is 1. The van der Waals surface area contributed by atoms with Gasteiger partial charge in [0.1, 0.15) is 12.6 Å². The predicted molar refractivity (Wildman–Crippen MR) is 181 cm³/mol. The number of fused-ring (bicyclic) bond motifs is 8. The minimum atomic E-state index is -1.18. The fourth-order valence-corrected chi connectivity index (χ4v) is 7.91. The van der Waals surface area contributed by atoms with Crippen molar-refractivity contribution in [2.45, 2.75) is 79.4 Å².